The maximum Gasteiger partial charge on any atom is 0.309 e. The minimum atomic E-state index is 0.105. The molecule has 0 aromatic rings. The van der Waals surface area contributed by atoms with Gasteiger partial charge in [-0.2, -0.15) is 0 Å². The van der Waals surface area contributed by atoms with Crippen LogP contribution in [0.15, 0.2) is 12.2 Å². The number of hydrogen-bond donors (Lipinski definition) is 0. The molecule has 0 aromatic carbocycles. The summed E-state index contributed by atoms with van der Waals surface area (Å²) in [6.45, 7) is 4.48. The molecule has 138 valence electrons. The molecule has 0 unspecified atom stereocenters. The van der Waals surface area contributed by atoms with Gasteiger partial charge in [-0.25, -0.2) is 0 Å². The monoisotopic (exact) mass is 334 g/mol. The summed E-state index contributed by atoms with van der Waals surface area (Å²) in [5.41, 5.74) is 0. The fraction of sp³-hybridized carbons (Fsp3) is 0.864. The maximum absolute atomic E-state index is 12.4. The molecule has 0 aliphatic heterocycles. The SMILES string of the molecule is CCC/C=C/C1CCC(OC(=O)C2CCC(CCCC)CC2)CC1. The summed E-state index contributed by atoms with van der Waals surface area (Å²) in [5.74, 6) is 1.86. The Labute approximate surface area is 149 Å². The molecule has 0 N–H and O–H groups in total. The zero-order valence-corrected chi connectivity index (χ0v) is 16.0. The molecule has 2 nitrogen and oxygen atoms in total. The van der Waals surface area contributed by atoms with Crippen LogP contribution in [0, 0.1) is 17.8 Å². The third-order valence-electron chi connectivity index (χ3n) is 6.01. The highest BCUT2D eigenvalue weighted by molar-refractivity contribution is 5.72. The molecular weight excluding hydrogens is 296 g/mol. The lowest BCUT2D eigenvalue weighted by atomic mass is 9.80. The summed E-state index contributed by atoms with van der Waals surface area (Å²) >= 11 is 0. The van der Waals surface area contributed by atoms with E-state index in [-0.39, 0.29) is 18.0 Å². The molecule has 2 fully saturated rings. The number of carbonyl (C=O) groups excluding carboxylic acids is 1. The number of unbranched alkanes of at least 4 members (excludes halogenated alkanes) is 2. The second-order valence-corrected chi connectivity index (χ2v) is 8.05. The van der Waals surface area contributed by atoms with E-state index >= 15 is 0 Å². The van der Waals surface area contributed by atoms with Gasteiger partial charge in [0.2, 0.25) is 0 Å². The molecule has 2 aliphatic carbocycles. The highest BCUT2D eigenvalue weighted by Crippen LogP contribution is 2.34. The normalized spacial score (nSPS) is 31.2. The van der Waals surface area contributed by atoms with Crippen molar-refractivity contribution in [2.45, 2.75) is 103 Å². The number of allylic oxidation sites excluding steroid dienone is 2. The number of ether oxygens (including phenoxy) is 1. The Kier molecular flexibility index (Phi) is 8.91. The van der Waals surface area contributed by atoms with Crippen molar-refractivity contribution in [3.8, 4) is 0 Å². The molecule has 0 aromatic heterocycles. The van der Waals surface area contributed by atoms with Crippen LogP contribution in [0.4, 0.5) is 0 Å². The largest absolute Gasteiger partial charge is 0.462 e. The van der Waals surface area contributed by atoms with Crippen molar-refractivity contribution < 1.29 is 9.53 Å². The fourth-order valence-corrected chi connectivity index (χ4v) is 4.29. The lowest BCUT2D eigenvalue weighted by Crippen LogP contribution is -2.29. The van der Waals surface area contributed by atoms with Gasteiger partial charge in [-0.1, -0.05) is 51.7 Å². The first-order chi connectivity index (χ1) is 11.7. The first-order valence-corrected chi connectivity index (χ1v) is 10.6. The van der Waals surface area contributed by atoms with E-state index in [1.54, 1.807) is 0 Å². The summed E-state index contributed by atoms with van der Waals surface area (Å²) in [6, 6.07) is 0. The van der Waals surface area contributed by atoms with Crippen LogP contribution in [0.2, 0.25) is 0 Å². The van der Waals surface area contributed by atoms with Crippen LogP contribution in [0.1, 0.15) is 97.3 Å². The van der Waals surface area contributed by atoms with E-state index in [9.17, 15) is 4.79 Å². The smallest absolute Gasteiger partial charge is 0.309 e. The molecule has 0 amide bonds. The van der Waals surface area contributed by atoms with Crippen molar-refractivity contribution in [3.63, 3.8) is 0 Å². The predicted molar refractivity (Wildman–Crippen MR) is 101 cm³/mol. The second kappa shape index (κ2) is 10.9. The standard InChI is InChI=1S/C22H38O2/c1-3-5-7-9-19-12-16-21(17-13-19)24-22(23)20-14-10-18(11-15-20)8-6-4-2/h7,9,18-21H,3-6,8,10-17H2,1-2H3/b9-7+. The molecule has 0 heterocycles. The average molecular weight is 335 g/mol. The topological polar surface area (TPSA) is 26.3 Å². The molecule has 0 saturated heterocycles. The number of hydrogen-bond acceptors (Lipinski definition) is 2. The van der Waals surface area contributed by atoms with Crippen molar-refractivity contribution in [1.29, 1.82) is 0 Å². The van der Waals surface area contributed by atoms with Crippen LogP contribution in [0.5, 0.6) is 0 Å². The molecule has 0 atom stereocenters. The van der Waals surface area contributed by atoms with E-state index < -0.39 is 0 Å². The number of carbonyl (C=O) groups is 1. The lowest BCUT2D eigenvalue weighted by Gasteiger charge is -2.31. The molecule has 0 bridgehead atoms. The van der Waals surface area contributed by atoms with Gasteiger partial charge < -0.3 is 4.74 Å². The molecule has 2 saturated carbocycles. The molecule has 2 aliphatic rings. The van der Waals surface area contributed by atoms with E-state index in [0.29, 0.717) is 5.92 Å². The molecule has 0 spiro atoms. The van der Waals surface area contributed by atoms with Gasteiger partial charge in [-0.3, -0.25) is 4.79 Å². The zero-order valence-electron chi connectivity index (χ0n) is 16.0. The minimum absolute atomic E-state index is 0.105. The Morgan fingerprint density at radius 3 is 2.29 bits per heavy atom. The Hall–Kier alpha value is -0.790. The van der Waals surface area contributed by atoms with Gasteiger partial charge in [0.15, 0.2) is 0 Å². The summed E-state index contributed by atoms with van der Waals surface area (Å²) in [4.78, 5) is 12.4. The Morgan fingerprint density at radius 2 is 1.67 bits per heavy atom. The minimum Gasteiger partial charge on any atom is -0.462 e. The van der Waals surface area contributed by atoms with E-state index in [4.69, 9.17) is 4.74 Å². The summed E-state index contributed by atoms with van der Waals surface area (Å²) < 4.78 is 5.86. The van der Waals surface area contributed by atoms with Crippen LogP contribution in [0.25, 0.3) is 0 Å². The van der Waals surface area contributed by atoms with Gasteiger partial charge in [-0.15, -0.1) is 0 Å². The van der Waals surface area contributed by atoms with Gasteiger partial charge in [0.05, 0.1) is 5.92 Å². The van der Waals surface area contributed by atoms with E-state index in [2.05, 4.69) is 26.0 Å². The van der Waals surface area contributed by atoms with E-state index in [1.165, 1.54) is 57.8 Å². The molecule has 0 radical (unpaired) electrons. The third-order valence-corrected chi connectivity index (χ3v) is 6.01. The van der Waals surface area contributed by atoms with Gasteiger partial charge in [-0.05, 0) is 69.6 Å². The van der Waals surface area contributed by atoms with Crippen LogP contribution in [-0.2, 0) is 9.53 Å². The van der Waals surface area contributed by atoms with E-state index in [1.807, 2.05) is 0 Å². The maximum atomic E-state index is 12.4. The summed E-state index contributed by atoms with van der Waals surface area (Å²) in [7, 11) is 0. The van der Waals surface area contributed by atoms with Crippen molar-refractivity contribution in [2.24, 2.45) is 17.8 Å². The van der Waals surface area contributed by atoms with Crippen molar-refractivity contribution in [2.75, 3.05) is 0 Å². The van der Waals surface area contributed by atoms with Crippen molar-refractivity contribution >= 4 is 5.97 Å². The number of rotatable bonds is 8. The Bertz CT molecular complexity index is 371. The Balaban J connectivity index is 1.63. The first kappa shape index (κ1) is 19.5. The first-order valence-electron chi connectivity index (χ1n) is 10.6. The predicted octanol–water partition coefficient (Wildman–Crippen LogP) is 6.44. The van der Waals surface area contributed by atoms with Crippen LogP contribution >= 0.6 is 0 Å². The van der Waals surface area contributed by atoms with Gasteiger partial charge >= 0.3 is 5.97 Å². The summed E-state index contributed by atoms with van der Waals surface area (Å²) in [6.07, 6.45) is 20.4. The molecule has 24 heavy (non-hydrogen) atoms. The van der Waals surface area contributed by atoms with Gasteiger partial charge in [0.25, 0.3) is 0 Å². The molecular formula is C22H38O2. The Morgan fingerprint density at radius 1 is 0.958 bits per heavy atom. The van der Waals surface area contributed by atoms with Crippen LogP contribution < -0.4 is 0 Å². The third kappa shape index (κ3) is 6.61. The van der Waals surface area contributed by atoms with E-state index in [0.717, 1.165) is 31.6 Å². The average Bonchev–Trinajstić information content (AvgIpc) is 2.62. The fourth-order valence-electron chi connectivity index (χ4n) is 4.29. The quantitative estimate of drug-likeness (QED) is 0.377. The lowest BCUT2D eigenvalue weighted by molar-refractivity contribution is -0.157. The summed E-state index contributed by atoms with van der Waals surface area (Å²) in [5, 5.41) is 0. The zero-order chi connectivity index (χ0) is 17.2. The van der Waals surface area contributed by atoms with Crippen LogP contribution in [-0.4, -0.2) is 12.1 Å². The highest BCUT2D eigenvalue weighted by atomic mass is 16.5. The van der Waals surface area contributed by atoms with Gasteiger partial charge in [0.1, 0.15) is 6.10 Å². The second-order valence-electron chi connectivity index (χ2n) is 8.05. The molecule has 2 heteroatoms. The molecule has 2 rings (SSSR count). The number of esters is 1. The van der Waals surface area contributed by atoms with Crippen molar-refractivity contribution in [3.05, 3.63) is 12.2 Å². The highest BCUT2D eigenvalue weighted by Gasteiger charge is 2.30. The van der Waals surface area contributed by atoms with Gasteiger partial charge in [0, 0.05) is 0 Å². The van der Waals surface area contributed by atoms with Crippen LogP contribution in [0.3, 0.4) is 0 Å². The van der Waals surface area contributed by atoms with Crippen molar-refractivity contribution in [1.82, 2.24) is 0 Å².